The van der Waals surface area contributed by atoms with Gasteiger partial charge >= 0.3 is 0 Å². The molecule has 0 saturated heterocycles. The van der Waals surface area contributed by atoms with E-state index >= 15 is 0 Å². The number of fused-ring (bicyclic) bond motifs is 2. The van der Waals surface area contributed by atoms with Crippen LogP contribution in [0.4, 0.5) is 0 Å². The number of amides is 1. The zero-order chi connectivity index (χ0) is 25.9. The van der Waals surface area contributed by atoms with Crippen molar-refractivity contribution in [2.75, 3.05) is 19.8 Å². The van der Waals surface area contributed by atoms with E-state index in [9.17, 15) is 9.59 Å². The second-order valence-corrected chi connectivity index (χ2v) is 9.61. The second kappa shape index (κ2) is 10.6. The van der Waals surface area contributed by atoms with E-state index in [1.165, 1.54) is 0 Å². The molecule has 37 heavy (non-hydrogen) atoms. The Morgan fingerprint density at radius 1 is 1.03 bits per heavy atom. The van der Waals surface area contributed by atoms with Crippen molar-refractivity contribution in [3.63, 3.8) is 0 Å². The van der Waals surface area contributed by atoms with Crippen molar-refractivity contribution < 1.29 is 18.7 Å². The van der Waals surface area contributed by atoms with Gasteiger partial charge in [-0.25, -0.2) is 0 Å². The van der Waals surface area contributed by atoms with E-state index in [4.69, 9.17) is 13.9 Å². The number of benzene rings is 3. The van der Waals surface area contributed by atoms with Gasteiger partial charge < -0.3 is 18.8 Å². The topological polar surface area (TPSA) is 69.0 Å². The van der Waals surface area contributed by atoms with E-state index in [0.29, 0.717) is 54.2 Å². The van der Waals surface area contributed by atoms with Crippen LogP contribution in [0.15, 0.2) is 93.1 Å². The lowest BCUT2D eigenvalue weighted by Gasteiger charge is -2.26. The molecular weight excluding hydrogens is 534 g/mol. The molecule has 2 heterocycles. The summed E-state index contributed by atoms with van der Waals surface area (Å²) in [4.78, 5) is 29.2. The van der Waals surface area contributed by atoms with Crippen LogP contribution in [0.2, 0.25) is 0 Å². The second-order valence-electron chi connectivity index (χ2n) is 8.69. The molecule has 0 bridgehead atoms. The Bertz CT molecular complexity index is 1530. The number of nitrogens with zero attached hydrogens (tertiary/aromatic N) is 1. The van der Waals surface area contributed by atoms with Crippen LogP contribution in [0.3, 0.4) is 0 Å². The summed E-state index contributed by atoms with van der Waals surface area (Å²) in [6.45, 7) is 6.78. The molecule has 1 aliphatic heterocycles. The lowest BCUT2D eigenvalue weighted by molar-refractivity contribution is 0.0729. The molecule has 1 aliphatic rings. The van der Waals surface area contributed by atoms with E-state index < -0.39 is 6.04 Å². The van der Waals surface area contributed by atoms with Crippen LogP contribution in [0, 0.1) is 0 Å². The first-order chi connectivity index (χ1) is 18.0. The van der Waals surface area contributed by atoms with Gasteiger partial charge in [-0.1, -0.05) is 65.0 Å². The summed E-state index contributed by atoms with van der Waals surface area (Å²) in [5.41, 5.74) is 2.35. The van der Waals surface area contributed by atoms with Crippen molar-refractivity contribution in [2.24, 2.45) is 0 Å². The zero-order valence-electron chi connectivity index (χ0n) is 20.4. The normalized spacial score (nSPS) is 14.6. The van der Waals surface area contributed by atoms with Crippen molar-refractivity contribution in [1.82, 2.24) is 4.90 Å². The molecule has 3 aromatic carbocycles. The minimum absolute atomic E-state index is 0.0860. The number of rotatable bonds is 9. The van der Waals surface area contributed by atoms with Gasteiger partial charge in [-0.3, -0.25) is 9.59 Å². The quantitative estimate of drug-likeness (QED) is 0.225. The van der Waals surface area contributed by atoms with Gasteiger partial charge in [0.15, 0.2) is 16.9 Å². The Morgan fingerprint density at radius 3 is 2.59 bits per heavy atom. The maximum atomic E-state index is 13.8. The number of hydrogen-bond donors (Lipinski definition) is 0. The number of hydrogen-bond acceptors (Lipinski definition) is 5. The van der Waals surface area contributed by atoms with E-state index in [1.807, 2.05) is 49.4 Å². The van der Waals surface area contributed by atoms with Crippen molar-refractivity contribution in [1.29, 1.82) is 0 Å². The standard InChI is InChI=1S/C30H26BrNO5/c1-3-16-36-24-12-10-20(17-25(24)35-4-2)27-26-28(33)22-18-21(31)11-13-23(22)37-29(26)30(34)32(27)15-14-19-8-6-5-7-9-19/h3,5-13,17-18,27H,1,4,14-16H2,2H3. The van der Waals surface area contributed by atoms with E-state index in [2.05, 4.69) is 22.5 Å². The first kappa shape index (κ1) is 24.8. The minimum Gasteiger partial charge on any atom is -0.490 e. The summed E-state index contributed by atoms with van der Waals surface area (Å²) < 4.78 is 18.4. The number of ether oxygens (including phenoxy) is 2. The predicted molar refractivity (Wildman–Crippen MR) is 147 cm³/mol. The third kappa shape index (κ3) is 4.79. The highest BCUT2D eigenvalue weighted by Gasteiger charge is 2.42. The van der Waals surface area contributed by atoms with E-state index in [0.717, 1.165) is 15.6 Å². The number of halogens is 1. The van der Waals surface area contributed by atoms with Crippen LogP contribution in [0.5, 0.6) is 11.5 Å². The Hall–Kier alpha value is -3.84. The van der Waals surface area contributed by atoms with Crippen LogP contribution < -0.4 is 14.9 Å². The fourth-order valence-corrected chi connectivity index (χ4v) is 5.06. The fourth-order valence-electron chi connectivity index (χ4n) is 4.69. The molecule has 1 amide bonds. The molecule has 1 aromatic heterocycles. The zero-order valence-corrected chi connectivity index (χ0v) is 22.0. The van der Waals surface area contributed by atoms with Gasteiger partial charge in [-0.2, -0.15) is 0 Å². The average molecular weight is 560 g/mol. The predicted octanol–water partition coefficient (Wildman–Crippen LogP) is 6.31. The van der Waals surface area contributed by atoms with Crippen LogP contribution >= 0.6 is 15.9 Å². The van der Waals surface area contributed by atoms with Crippen molar-refractivity contribution in [2.45, 2.75) is 19.4 Å². The number of carbonyl (C=O) groups is 1. The van der Waals surface area contributed by atoms with E-state index in [1.54, 1.807) is 35.2 Å². The first-order valence-electron chi connectivity index (χ1n) is 12.1. The molecule has 0 spiro atoms. The van der Waals surface area contributed by atoms with E-state index in [-0.39, 0.29) is 17.1 Å². The lowest BCUT2D eigenvalue weighted by atomic mass is 9.97. The van der Waals surface area contributed by atoms with Crippen molar-refractivity contribution >= 4 is 32.8 Å². The summed E-state index contributed by atoms with van der Waals surface area (Å²) in [7, 11) is 0. The summed E-state index contributed by atoms with van der Waals surface area (Å²) in [6, 6.07) is 20.1. The lowest BCUT2D eigenvalue weighted by Crippen LogP contribution is -2.31. The monoisotopic (exact) mass is 559 g/mol. The average Bonchev–Trinajstić information content (AvgIpc) is 3.19. The first-order valence-corrected chi connectivity index (χ1v) is 12.9. The molecule has 5 rings (SSSR count). The van der Waals surface area contributed by atoms with Gasteiger partial charge in [-0.15, -0.1) is 0 Å². The SMILES string of the molecule is C=CCOc1ccc(C2c3c(oc4ccc(Br)cc4c3=O)C(=O)N2CCc2ccccc2)cc1OCC. The third-order valence-corrected chi connectivity index (χ3v) is 6.85. The summed E-state index contributed by atoms with van der Waals surface area (Å²) in [6.07, 6.45) is 2.30. The molecule has 0 radical (unpaired) electrons. The molecule has 0 aliphatic carbocycles. The molecule has 0 N–H and O–H groups in total. The molecule has 6 nitrogen and oxygen atoms in total. The van der Waals surface area contributed by atoms with Crippen LogP contribution in [0.25, 0.3) is 11.0 Å². The smallest absolute Gasteiger partial charge is 0.290 e. The molecular formula is C30H26BrNO5. The Morgan fingerprint density at radius 2 is 1.84 bits per heavy atom. The highest BCUT2D eigenvalue weighted by atomic mass is 79.9. The maximum Gasteiger partial charge on any atom is 0.290 e. The van der Waals surface area contributed by atoms with Gasteiger partial charge in [0.2, 0.25) is 5.76 Å². The molecule has 188 valence electrons. The highest BCUT2D eigenvalue weighted by Crippen LogP contribution is 2.41. The Kier molecular flexibility index (Phi) is 7.15. The van der Waals surface area contributed by atoms with Gasteiger partial charge in [0, 0.05) is 11.0 Å². The van der Waals surface area contributed by atoms with Crippen LogP contribution in [-0.2, 0) is 6.42 Å². The van der Waals surface area contributed by atoms with Gasteiger partial charge in [0.1, 0.15) is 12.2 Å². The molecule has 1 atom stereocenters. The fraction of sp³-hybridized carbons (Fsp3) is 0.200. The maximum absolute atomic E-state index is 13.8. The Balaban J connectivity index is 1.65. The van der Waals surface area contributed by atoms with Crippen LogP contribution in [0.1, 0.15) is 40.2 Å². The largest absolute Gasteiger partial charge is 0.490 e. The third-order valence-electron chi connectivity index (χ3n) is 6.35. The summed E-state index contributed by atoms with van der Waals surface area (Å²) in [5.74, 6) is 0.893. The van der Waals surface area contributed by atoms with Crippen molar-refractivity contribution in [3.05, 3.63) is 117 Å². The molecule has 4 aromatic rings. The minimum atomic E-state index is -0.626. The van der Waals surface area contributed by atoms with Crippen LogP contribution in [-0.4, -0.2) is 30.6 Å². The number of carbonyl (C=O) groups excluding carboxylic acids is 1. The van der Waals surface area contributed by atoms with Gasteiger partial charge in [0.25, 0.3) is 5.91 Å². The Labute approximate surface area is 223 Å². The molecule has 0 saturated carbocycles. The summed E-state index contributed by atoms with van der Waals surface area (Å²) in [5, 5.41) is 0.423. The van der Waals surface area contributed by atoms with Gasteiger partial charge in [-0.05, 0) is 54.8 Å². The summed E-state index contributed by atoms with van der Waals surface area (Å²) >= 11 is 3.44. The molecule has 7 heteroatoms. The molecule has 1 unspecified atom stereocenters. The molecule has 0 fully saturated rings. The van der Waals surface area contributed by atoms with Gasteiger partial charge in [0.05, 0.1) is 23.6 Å². The highest BCUT2D eigenvalue weighted by molar-refractivity contribution is 9.10. The van der Waals surface area contributed by atoms with Crippen molar-refractivity contribution in [3.8, 4) is 11.5 Å².